The molecule has 3 aromatic rings. The van der Waals surface area contributed by atoms with E-state index in [0.29, 0.717) is 36.8 Å². The molecule has 0 aliphatic carbocycles. The van der Waals surface area contributed by atoms with Crippen LogP contribution in [0, 0.1) is 5.82 Å². The van der Waals surface area contributed by atoms with Gasteiger partial charge in [-0.1, -0.05) is 41.9 Å². The molecule has 7 heteroatoms. The molecule has 0 saturated heterocycles. The van der Waals surface area contributed by atoms with Crippen molar-refractivity contribution in [2.24, 2.45) is 0 Å². The highest BCUT2D eigenvalue weighted by Gasteiger charge is 2.03. The average molecular weight is 372 g/mol. The van der Waals surface area contributed by atoms with Crippen LogP contribution in [0.5, 0.6) is 0 Å². The van der Waals surface area contributed by atoms with Crippen molar-refractivity contribution < 1.29 is 4.39 Å². The summed E-state index contributed by atoms with van der Waals surface area (Å²) in [6, 6.07) is 14.5. The number of nitrogens with zero attached hydrogens (tertiary/aromatic N) is 3. The Morgan fingerprint density at radius 3 is 2.65 bits per heavy atom. The largest absolute Gasteiger partial charge is 0.368 e. The molecule has 0 atom stereocenters. The molecule has 0 spiro atoms. The van der Waals surface area contributed by atoms with Crippen molar-refractivity contribution in [1.82, 2.24) is 15.2 Å². The highest BCUT2D eigenvalue weighted by molar-refractivity contribution is 6.30. The Morgan fingerprint density at radius 2 is 1.81 bits per heavy atom. The lowest BCUT2D eigenvalue weighted by molar-refractivity contribution is 0.610. The molecule has 1 aromatic heterocycles. The summed E-state index contributed by atoms with van der Waals surface area (Å²) in [6.07, 6.45) is 2.91. The summed E-state index contributed by atoms with van der Waals surface area (Å²) >= 11 is 5.98. The van der Waals surface area contributed by atoms with Crippen molar-refractivity contribution in [2.75, 3.05) is 23.7 Å². The quantitative estimate of drug-likeness (QED) is 0.627. The minimum Gasteiger partial charge on any atom is -0.368 e. The fourth-order valence-corrected chi connectivity index (χ4v) is 2.71. The van der Waals surface area contributed by atoms with Crippen molar-refractivity contribution in [2.45, 2.75) is 12.8 Å². The first-order valence-electron chi connectivity index (χ1n) is 8.36. The van der Waals surface area contributed by atoms with E-state index in [1.165, 1.54) is 6.07 Å². The van der Waals surface area contributed by atoms with Crippen LogP contribution in [0.3, 0.4) is 0 Å². The maximum Gasteiger partial charge on any atom is 0.244 e. The first kappa shape index (κ1) is 18.1. The molecule has 0 fully saturated rings. The van der Waals surface area contributed by atoms with E-state index >= 15 is 0 Å². The van der Waals surface area contributed by atoms with Crippen molar-refractivity contribution in [3.8, 4) is 0 Å². The molecule has 3 rings (SSSR count). The Morgan fingerprint density at radius 1 is 0.962 bits per heavy atom. The van der Waals surface area contributed by atoms with Crippen LogP contribution >= 0.6 is 11.6 Å². The van der Waals surface area contributed by atoms with Gasteiger partial charge in [0, 0.05) is 18.1 Å². The highest BCUT2D eigenvalue weighted by Crippen LogP contribution is 2.12. The third-order valence-corrected chi connectivity index (χ3v) is 4.04. The smallest absolute Gasteiger partial charge is 0.244 e. The molecule has 0 saturated carbocycles. The Kier molecular flexibility index (Phi) is 6.33. The topological polar surface area (TPSA) is 62.7 Å². The van der Waals surface area contributed by atoms with Crippen LogP contribution in [0.15, 0.2) is 54.7 Å². The zero-order chi connectivity index (χ0) is 18.2. The number of nitrogens with one attached hydrogen (secondary N) is 2. The van der Waals surface area contributed by atoms with E-state index in [9.17, 15) is 4.39 Å². The maximum atomic E-state index is 13.6. The van der Waals surface area contributed by atoms with E-state index in [2.05, 4.69) is 25.8 Å². The van der Waals surface area contributed by atoms with E-state index < -0.39 is 0 Å². The van der Waals surface area contributed by atoms with Gasteiger partial charge in [0.2, 0.25) is 5.95 Å². The summed E-state index contributed by atoms with van der Waals surface area (Å²) in [4.78, 5) is 4.36. The number of anilines is 2. The predicted molar refractivity (Wildman–Crippen MR) is 102 cm³/mol. The second kappa shape index (κ2) is 9.10. The number of aromatic nitrogens is 3. The van der Waals surface area contributed by atoms with E-state index in [1.807, 2.05) is 30.3 Å². The van der Waals surface area contributed by atoms with Gasteiger partial charge >= 0.3 is 0 Å². The Hall–Kier alpha value is -2.73. The molecule has 5 nitrogen and oxygen atoms in total. The summed E-state index contributed by atoms with van der Waals surface area (Å²) in [5.74, 6) is 0.850. The van der Waals surface area contributed by atoms with Gasteiger partial charge in [0.15, 0.2) is 5.82 Å². The van der Waals surface area contributed by atoms with Gasteiger partial charge in [-0.15, -0.1) is 5.10 Å². The molecular weight excluding hydrogens is 353 g/mol. The van der Waals surface area contributed by atoms with Gasteiger partial charge in [-0.2, -0.15) is 10.1 Å². The van der Waals surface area contributed by atoms with Crippen molar-refractivity contribution >= 4 is 23.4 Å². The summed E-state index contributed by atoms with van der Waals surface area (Å²) in [6.45, 7) is 1.22. The first-order valence-corrected chi connectivity index (χ1v) is 8.74. The molecule has 1 heterocycles. The normalized spacial score (nSPS) is 10.5. The molecule has 0 radical (unpaired) electrons. The maximum absolute atomic E-state index is 13.6. The van der Waals surface area contributed by atoms with Crippen LogP contribution in [0.1, 0.15) is 11.1 Å². The van der Waals surface area contributed by atoms with Crippen LogP contribution in [-0.2, 0) is 12.8 Å². The summed E-state index contributed by atoms with van der Waals surface area (Å²) in [5.41, 5.74) is 1.80. The molecule has 0 amide bonds. The van der Waals surface area contributed by atoms with Gasteiger partial charge in [-0.05, 0) is 42.2 Å². The first-order chi connectivity index (χ1) is 12.7. The zero-order valence-electron chi connectivity index (χ0n) is 14.1. The van der Waals surface area contributed by atoms with Gasteiger partial charge in [0.25, 0.3) is 0 Å². The van der Waals surface area contributed by atoms with Crippen LogP contribution in [0.25, 0.3) is 0 Å². The lowest BCUT2D eigenvalue weighted by Crippen LogP contribution is -2.12. The number of hydrogen-bond acceptors (Lipinski definition) is 5. The molecule has 0 unspecified atom stereocenters. The van der Waals surface area contributed by atoms with Crippen LogP contribution in [0.2, 0.25) is 5.02 Å². The number of rotatable bonds is 8. The van der Waals surface area contributed by atoms with E-state index in [-0.39, 0.29) is 5.82 Å². The van der Waals surface area contributed by atoms with Crippen LogP contribution in [-0.4, -0.2) is 28.3 Å². The van der Waals surface area contributed by atoms with E-state index in [0.717, 1.165) is 17.0 Å². The number of benzene rings is 2. The van der Waals surface area contributed by atoms with Gasteiger partial charge in [-0.3, -0.25) is 0 Å². The summed E-state index contributed by atoms with van der Waals surface area (Å²) in [5, 5.41) is 14.9. The monoisotopic (exact) mass is 371 g/mol. The Bertz CT molecular complexity index is 859. The fraction of sp³-hybridized carbons (Fsp3) is 0.211. The molecule has 2 N–H and O–H groups in total. The minimum absolute atomic E-state index is 0.196. The molecule has 0 bridgehead atoms. The Labute approximate surface area is 156 Å². The van der Waals surface area contributed by atoms with E-state index in [1.54, 1.807) is 18.3 Å². The summed E-state index contributed by atoms with van der Waals surface area (Å²) < 4.78 is 13.6. The van der Waals surface area contributed by atoms with Gasteiger partial charge in [0.05, 0.1) is 6.20 Å². The van der Waals surface area contributed by atoms with Crippen molar-refractivity contribution in [3.05, 3.63) is 76.7 Å². The van der Waals surface area contributed by atoms with E-state index in [4.69, 9.17) is 11.6 Å². The fourth-order valence-electron chi connectivity index (χ4n) is 2.50. The zero-order valence-corrected chi connectivity index (χ0v) is 14.9. The number of halogens is 2. The molecule has 2 aromatic carbocycles. The SMILES string of the molecule is Fc1ccccc1CCNc1cnnc(NCCc2cccc(Cl)c2)n1. The van der Waals surface area contributed by atoms with Crippen LogP contribution in [0.4, 0.5) is 16.2 Å². The third-order valence-electron chi connectivity index (χ3n) is 3.80. The average Bonchev–Trinajstić information content (AvgIpc) is 2.64. The number of hydrogen-bond donors (Lipinski definition) is 2. The molecule has 0 aliphatic rings. The lowest BCUT2D eigenvalue weighted by Gasteiger charge is -2.08. The van der Waals surface area contributed by atoms with Crippen molar-refractivity contribution in [1.29, 1.82) is 0 Å². The van der Waals surface area contributed by atoms with Gasteiger partial charge in [0.1, 0.15) is 5.82 Å². The predicted octanol–water partition coefficient (Wildman–Crippen LogP) is 3.97. The highest BCUT2D eigenvalue weighted by atomic mass is 35.5. The molecule has 134 valence electrons. The minimum atomic E-state index is -0.196. The molecule has 26 heavy (non-hydrogen) atoms. The Balaban J connectivity index is 1.47. The lowest BCUT2D eigenvalue weighted by atomic mass is 10.1. The van der Waals surface area contributed by atoms with Crippen LogP contribution < -0.4 is 10.6 Å². The molecular formula is C19H19ClFN5. The summed E-state index contributed by atoms with van der Waals surface area (Å²) in [7, 11) is 0. The second-order valence-electron chi connectivity index (χ2n) is 5.74. The third kappa shape index (κ3) is 5.39. The second-order valence-corrected chi connectivity index (χ2v) is 6.18. The van der Waals surface area contributed by atoms with Crippen molar-refractivity contribution in [3.63, 3.8) is 0 Å². The van der Waals surface area contributed by atoms with Gasteiger partial charge in [-0.25, -0.2) is 4.39 Å². The molecule has 0 aliphatic heterocycles. The standard InChI is InChI=1S/C19H19ClFN5/c20-16-6-3-4-14(12-16)8-10-23-19-25-18(13-24-26-19)22-11-9-15-5-1-2-7-17(15)21/h1-7,12-13H,8-11H2,(H2,22,23,25,26). The van der Waals surface area contributed by atoms with Gasteiger partial charge < -0.3 is 10.6 Å².